The molecule has 0 bridgehead atoms. The van der Waals surface area contributed by atoms with E-state index in [9.17, 15) is 0 Å². The molecule has 5 nitrogen and oxygen atoms in total. The number of aliphatic imine (C=N–C) groups is 1. The summed E-state index contributed by atoms with van der Waals surface area (Å²) in [4.78, 5) is 8.86. The van der Waals surface area contributed by atoms with Gasteiger partial charge in [0.1, 0.15) is 12.4 Å². The van der Waals surface area contributed by atoms with Crippen molar-refractivity contribution in [2.75, 3.05) is 0 Å². The monoisotopic (exact) mass is 293 g/mol. The van der Waals surface area contributed by atoms with Gasteiger partial charge >= 0.3 is 0 Å². The largest absolute Gasteiger partial charge is 0.370 e. The molecule has 1 atom stereocenters. The molecule has 0 aliphatic heterocycles. The zero-order valence-corrected chi connectivity index (χ0v) is 12.8. The normalized spacial score (nSPS) is 13.7. The summed E-state index contributed by atoms with van der Waals surface area (Å²) >= 11 is 6.19. The maximum atomic E-state index is 6.19. The number of aromatic nitrogens is 2. The van der Waals surface area contributed by atoms with Crippen molar-refractivity contribution in [2.24, 2.45) is 17.8 Å². The summed E-state index contributed by atoms with van der Waals surface area (Å²) in [6.07, 6.45) is 0.998. The van der Waals surface area contributed by atoms with Gasteiger partial charge in [-0.05, 0) is 25.5 Å². The first kappa shape index (κ1) is 14.7. The van der Waals surface area contributed by atoms with Crippen LogP contribution in [0.2, 0.25) is 5.02 Å². The number of fused-ring (bicyclic) bond motifs is 1. The van der Waals surface area contributed by atoms with E-state index in [0.29, 0.717) is 23.6 Å². The summed E-state index contributed by atoms with van der Waals surface area (Å²) in [5.74, 6) is 1.28. The summed E-state index contributed by atoms with van der Waals surface area (Å²) in [5.41, 5.74) is 7.65. The predicted octanol–water partition coefficient (Wildman–Crippen LogP) is 2.43. The van der Waals surface area contributed by atoms with Gasteiger partial charge in [-0.1, -0.05) is 24.6 Å². The molecule has 1 heterocycles. The van der Waals surface area contributed by atoms with Gasteiger partial charge in [-0.2, -0.15) is 0 Å². The molecule has 0 saturated carbocycles. The first-order valence-corrected chi connectivity index (χ1v) is 7.07. The molecular weight excluding hydrogens is 274 g/mol. The van der Waals surface area contributed by atoms with Crippen molar-refractivity contribution in [1.29, 1.82) is 0 Å². The standard InChI is InChI=1S/C14H20ClN5/c1-4-9(2)18-14(16)17-8-12-19-11-7-5-6-10(15)13(11)20(12)3/h5-7,9H,4,8H2,1-3H3,(H3,16,17,18). The summed E-state index contributed by atoms with van der Waals surface area (Å²) < 4.78 is 1.96. The van der Waals surface area contributed by atoms with Gasteiger partial charge in [-0.25, -0.2) is 9.98 Å². The Labute approximate surface area is 123 Å². The maximum Gasteiger partial charge on any atom is 0.189 e. The van der Waals surface area contributed by atoms with Crippen molar-refractivity contribution in [3.8, 4) is 0 Å². The number of aryl methyl sites for hydroxylation is 1. The maximum absolute atomic E-state index is 6.19. The molecule has 2 aromatic rings. The molecule has 1 aromatic heterocycles. The molecular formula is C14H20ClN5. The highest BCUT2D eigenvalue weighted by Gasteiger charge is 2.10. The van der Waals surface area contributed by atoms with Crippen LogP contribution in [0.3, 0.4) is 0 Å². The van der Waals surface area contributed by atoms with Crippen LogP contribution in [-0.2, 0) is 13.6 Å². The van der Waals surface area contributed by atoms with Gasteiger partial charge in [0.05, 0.1) is 16.1 Å². The number of halogens is 1. The van der Waals surface area contributed by atoms with Crippen LogP contribution >= 0.6 is 11.6 Å². The van der Waals surface area contributed by atoms with Crippen molar-refractivity contribution < 1.29 is 0 Å². The number of guanidine groups is 1. The number of nitrogens with zero attached hydrogens (tertiary/aromatic N) is 3. The number of nitrogens with two attached hydrogens (primary N) is 1. The molecule has 1 aromatic carbocycles. The summed E-state index contributed by atoms with van der Waals surface area (Å²) in [7, 11) is 1.93. The lowest BCUT2D eigenvalue weighted by Crippen LogP contribution is -2.38. The molecule has 1 unspecified atom stereocenters. The second-order valence-electron chi connectivity index (χ2n) is 4.85. The number of para-hydroxylation sites is 1. The van der Waals surface area contributed by atoms with E-state index in [4.69, 9.17) is 17.3 Å². The molecule has 0 saturated heterocycles. The Kier molecular flexibility index (Phi) is 4.49. The SMILES string of the molecule is CCC(C)NC(N)=NCc1nc2cccc(Cl)c2n1C. The van der Waals surface area contributed by atoms with Gasteiger partial charge in [0.25, 0.3) is 0 Å². The predicted molar refractivity (Wildman–Crippen MR) is 83.9 cm³/mol. The van der Waals surface area contributed by atoms with Crippen LogP contribution in [-0.4, -0.2) is 21.6 Å². The zero-order chi connectivity index (χ0) is 14.7. The molecule has 6 heteroatoms. The fraction of sp³-hybridized carbons (Fsp3) is 0.429. The topological polar surface area (TPSA) is 68.2 Å². The second-order valence-corrected chi connectivity index (χ2v) is 5.26. The molecule has 108 valence electrons. The lowest BCUT2D eigenvalue weighted by molar-refractivity contribution is 0.635. The van der Waals surface area contributed by atoms with Crippen molar-refractivity contribution in [2.45, 2.75) is 32.9 Å². The average molecular weight is 294 g/mol. The number of hydrogen-bond acceptors (Lipinski definition) is 2. The highest BCUT2D eigenvalue weighted by Crippen LogP contribution is 2.23. The van der Waals surface area contributed by atoms with Gasteiger partial charge in [0.2, 0.25) is 0 Å². The smallest absolute Gasteiger partial charge is 0.189 e. The van der Waals surface area contributed by atoms with E-state index in [0.717, 1.165) is 23.3 Å². The van der Waals surface area contributed by atoms with E-state index in [1.807, 2.05) is 29.8 Å². The fourth-order valence-electron chi connectivity index (χ4n) is 1.97. The molecule has 2 rings (SSSR count). The average Bonchev–Trinajstić information content (AvgIpc) is 2.74. The van der Waals surface area contributed by atoms with Crippen LogP contribution in [0.4, 0.5) is 0 Å². The van der Waals surface area contributed by atoms with Crippen molar-refractivity contribution in [3.05, 3.63) is 29.0 Å². The zero-order valence-electron chi connectivity index (χ0n) is 12.0. The Balaban J connectivity index is 2.20. The Hall–Kier alpha value is -1.75. The van der Waals surface area contributed by atoms with E-state index in [-0.39, 0.29) is 0 Å². The van der Waals surface area contributed by atoms with Crippen LogP contribution < -0.4 is 11.1 Å². The van der Waals surface area contributed by atoms with E-state index in [2.05, 4.69) is 29.1 Å². The number of benzene rings is 1. The van der Waals surface area contributed by atoms with Gasteiger partial charge < -0.3 is 15.6 Å². The lowest BCUT2D eigenvalue weighted by Gasteiger charge is -2.11. The first-order valence-electron chi connectivity index (χ1n) is 6.69. The molecule has 0 spiro atoms. The molecule has 0 amide bonds. The third-order valence-electron chi connectivity index (χ3n) is 3.34. The van der Waals surface area contributed by atoms with Gasteiger partial charge in [-0.3, -0.25) is 0 Å². The summed E-state index contributed by atoms with van der Waals surface area (Å²) in [5, 5.41) is 3.82. The number of imidazole rings is 1. The quantitative estimate of drug-likeness (QED) is 0.672. The second kappa shape index (κ2) is 6.13. The third-order valence-corrected chi connectivity index (χ3v) is 3.64. The van der Waals surface area contributed by atoms with Crippen LogP contribution in [0.1, 0.15) is 26.1 Å². The minimum Gasteiger partial charge on any atom is -0.370 e. The number of nitrogens with one attached hydrogen (secondary N) is 1. The van der Waals surface area contributed by atoms with Crippen molar-refractivity contribution >= 4 is 28.6 Å². The summed E-state index contributed by atoms with van der Waals surface area (Å²) in [6, 6.07) is 6.00. The van der Waals surface area contributed by atoms with E-state index in [1.165, 1.54) is 0 Å². The first-order chi connectivity index (χ1) is 9.52. The fourth-order valence-corrected chi connectivity index (χ4v) is 2.26. The number of hydrogen-bond donors (Lipinski definition) is 2. The molecule has 20 heavy (non-hydrogen) atoms. The Bertz CT molecular complexity index is 632. The molecule has 0 aliphatic rings. The van der Waals surface area contributed by atoms with Crippen LogP contribution in [0.25, 0.3) is 11.0 Å². The highest BCUT2D eigenvalue weighted by atomic mass is 35.5. The highest BCUT2D eigenvalue weighted by molar-refractivity contribution is 6.35. The molecule has 0 fully saturated rings. The van der Waals surface area contributed by atoms with Crippen LogP contribution in [0.5, 0.6) is 0 Å². The molecule has 3 N–H and O–H groups in total. The van der Waals surface area contributed by atoms with Gasteiger partial charge in [-0.15, -0.1) is 0 Å². The van der Waals surface area contributed by atoms with Crippen molar-refractivity contribution in [3.63, 3.8) is 0 Å². The van der Waals surface area contributed by atoms with E-state index < -0.39 is 0 Å². The third kappa shape index (κ3) is 3.04. The Morgan fingerprint density at radius 2 is 2.30 bits per heavy atom. The minimum absolute atomic E-state index is 0.314. The lowest BCUT2D eigenvalue weighted by atomic mass is 10.3. The summed E-state index contributed by atoms with van der Waals surface area (Å²) in [6.45, 7) is 4.59. The van der Waals surface area contributed by atoms with Crippen LogP contribution in [0, 0.1) is 0 Å². The van der Waals surface area contributed by atoms with E-state index >= 15 is 0 Å². The minimum atomic E-state index is 0.314. The van der Waals surface area contributed by atoms with Crippen molar-refractivity contribution in [1.82, 2.24) is 14.9 Å². The molecule has 0 radical (unpaired) electrons. The van der Waals surface area contributed by atoms with E-state index in [1.54, 1.807) is 0 Å². The van der Waals surface area contributed by atoms with Crippen LogP contribution in [0.15, 0.2) is 23.2 Å². The van der Waals surface area contributed by atoms with Gasteiger partial charge in [0, 0.05) is 13.1 Å². The Morgan fingerprint density at radius 3 is 2.95 bits per heavy atom. The number of rotatable bonds is 4. The van der Waals surface area contributed by atoms with Gasteiger partial charge in [0.15, 0.2) is 5.96 Å². The molecule has 0 aliphatic carbocycles. The Morgan fingerprint density at radius 1 is 1.55 bits per heavy atom.